The standard InChI is InChI=1S/C42H50N2O4/c1-43(25-23-35-17-9-11-19-37(35)39(43)31-33-13-5-3-6-14-33)27-29-47-41(45)21-22-42(46)48-30-28-44(2)26-24-36-18-10-12-20-38(36)40(44)32-34-15-7-4-8-16-34/h3-20,39-40H,21-32H2,1-2H3/q+2/t39-,40?,43+,44+/m1/s1. The van der Waals surface area contributed by atoms with E-state index in [2.05, 4.69) is 123 Å². The first kappa shape index (κ1) is 33.6. The van der Waals surface area contributed by atoms with Crippen LogP contribution in [-0.2, 0) is 44.7 Å². The summed E-state index contributed by atoms with van der Waals surface area (Å²) in [6.45, 7) is 4.11. The van der Waals surface area contributed by atoms with Crippen LogP contribution in [0, 0.1) is 0 Å². The topological polar surface area (TPSA) is 52.6 Å². The number of carbonyl (C=O) groups is 2. The van der Waals surface area contributed by atoms with Crippen LogP contribution in [0.4, 0.5) is 0 Å². The second-order valence-corrected chi connectivity index (χ2v) is 14.1. The fraction of sp³-hybridized carbons (Fsp3) is 0.381. The first-order valence-corrected chi connectivity index (χ1v) is 17.6. The van der Waals surface area contributed by atoms with Gasteiger partial charge in [0.15, 0.2) is 0 Å². The highest BCUT2D eigenvalue weighted by Crippen LogP contribution is 2.38. The maximum Gasteiger partial charge on any atom is 0.306 e. The van der Waals surface area contributed by atoms with Crippen molar-refractivity contribution in [3.05, 3.63) is 143 Å². The molecule has 6 rings (SSSR count). The van der Waals surface area contributed by atoms with Gasteiger partial charge in [-0.05, 0) is 22.3 Å². The summed E-state index contributed by atoms with van der Waals surface area (Å²) >= 11 is 0. The van der Waals surface area contributed by atoms with Crippen LogP contribution in [0.1, 0.15) is 58.3 Å². The molecular formula is C42H50N2O4+2. The summed E-state index contributed by atoms with van der Waals surface area (Å²) in [5.74, 6) is -0.685. The molecule has 250 valence electrons. The van der Waals surface area contributed by atoms with Crippen LogP contribution in [0.5, 0.6) is 0 Å². The van der Waals surface area contributed by atoms with Crippen molar-refractivity contribution < 1.29 is 28.0 Å². The lowest BCUT2D eigenvalue weighted by atomic mass is 9.87. The van der Waals surface area contributed by atoms with E-state index in [0.717, 1.165) is 60.8 Å². The summed E-state index contributed by atoms with van der Waals surface area (Å²) < 4.78 is 13.0. The van der Waals surface area contributed by atoms with Crippen molar-refractivity contribution in [3.63, 3.8) is 0 Å². The Kier molecular flexibility index (Phi) is 10.7. The SMILES string of the molecule is C[N@@+]1(CCOC(=O)CCC(=O)OCC[N@+]2(C)CCc3ccccc3[C@H]2Cc2ccccc2)CCc2ccccc2C1Cc1ccccc1. The Hall–Kier alpha value is -4.26. The molecule has 0 aromatic heterocycles. The Bertz CT molecular complexity index is 1550. The molecule has 0 N–H and O–H groups in total. The molecule has 0 aliphatic carbocycles. The highest BCUT2D eigenvalue weighted by Gasteiger charge is 2.40. The van der Waals surface area contributed by atoms with Gasteiger partial charge in [0.1, 0.15) is 38.4 Å². The Labute approximate surface area is 286 Å². The van der Waals surface area contributed by atoms with Crippen LogP contribution in [0.15, 0.2) is 109 Å². The summed E-state index contributed by atoms with van der Waals surface area (Å²) in [7, 11) is 4.56. The monoisotopic (exact) mass is 646 g/mol. The lowest BCUT2D eigenvalue weighted by molar-refractivity contribution is -0.941. The predicted octanol–water partition coefficient (Wildman–Crippen LogP) is 6.83. The molecule has 0 saturated carbocycles. The van der Waals surface area contributed by atoms with E-state index in [9.17, 15) is 9.59 Å². The second-order valence-electron chi connectivity index (χ2n) is 14.1. The number of carbonyl (C=O) groups excluding carboxylic acids is 2. The van der Waals surface area contributed by atoms with E-state index in [1.807, 2.05) is 0 Å². The van der Waals surface area contributed by atoms with Crippen molar-refractivity contribution in [2.45, 2.75) is 50.6 Å². The molecule has 6 nitrogen and oxygen atoms in total. The summed E-state index contributed by atoms with van der Waals surface area (Å²) in [6.07, 6.45) is 3.96. The molecule has 0 spiro atoms. The lowest BCUT2D eigenvalue weighted by Crippen LogP contribution is -2.53. The van der Waals surface area contributed by atoms with Crippen molar-refractivity contribution in [1.29, 1.82) is 0 Å². The van der Waals surface area contributed by atoms with Crippen LogP contribution in [0.2, 0.25) is 0 Å². The fourth-order valence-electron chi connectivity index (χ4n) is 7.86. The third-order valence-electron chi connectivity index (χ3n) is 10.9. The molecule has 2 aliphatic heterocycles. The zero-order chi connectivity index (χ0) is 33.4. The summed E-state index contributed by atoms with van der Waals surface area (Å²) in [5.41, 5.74) is 8.23. The Balaban J connectivity index is 0.976. The average molecular weight is 647 g/mol. The van der Waals surface area contributed by atoms with Crippen molar-refractivity contribution in [3.8, 4) is 0 Å². The summed E-state index contributed by atoms with van der Waals surface area (Å²) in [6, 6.07) is 39.3. The number of nitrogens with zero attached hydrogens (tertiary/aromatic N) is 2. The summed E-state index contributed by atoms with van der Waals surface area (Å²) in [4.78, 5) is 25.5. The third-order valence-corrected chi connectivity index (χ3v) is 10.9. The van der Waals surface area contributed by atoms with Crippen molar-refractivity contribution in [1.82, 2.24) is 0 Å². The van der Waals surface area contributed by atoms with Crippen molar-refractivity contribution in [2.75, 3.05) is 53.5 Å². The van der Waals surface area contributed by atoms with Gasteiger partial charge in [-0.1, -0.05) is 109 Å². The highest BCUT2D eigenvalue weighted by molar-refractivity contribution is 5.77. The maximum atomic E-state index is 12.7. The van der Waals surface area contributed by atoms with Crippen LogP contribution in [0.25, 0.3) is 0 Å². The van der Waals surface area contributed by atoms with Crippen molar-refractivity contribution in [2.24, 2.45) is 0 Å². The minimum atomic E-state index is -0.342. The van der Waals surface area contributed by atoms with Crippen LogP contribution in [-0.4, -0.2) is 74.4 Å². The zero-order valence-corrected chi connectivity index (χ0v) is 28.6. The second kappa shape index (κ2) is 15.3. The van der Waals surface area contributed by atoms with Gasteiger partial charge in [-0.3, -0.25) is 9.59 Å². The molecule has 48 heavy (non-hydrogen) atoms. The smallest absolute Gasteiger partial charge is 0.306 e. The normalized spacial score (nSPS) is 23.0. The van der Waals surface area contributed by atoms with E-state index in [0.29, 0.717) is 13.2 Å². The Morgan fingerprint density at radius 1 is 0.562 bits per heavy atom. The van der Waals surface area contributed by atoms with Gasteiger partial charge < -0.3 is 18.4 Å². The van der Waals surface area contributed by atoms with E-state index < -0.39 is 0 Å². The number of ether oxygens (including phenoxy) is 2. The maximum absolute atomic E-state index is 12.7. The van der Waals surface area contributed by atoms with Crippen LogP contribution >= 0.6 is 0 Å². The molecule has 2 aliphatic rings. The third kappa shape index (κ3) is 8.05. The average Bonchev–Trinajstić information content (AvgIpc) is 3.11. The molecule has 4 aromatic carbocycles. The van der Waals surface area contributed by atoms with Gasteiger partial charge in [0.2, 0.25) is 0 Å². The van der Waals surface area contributed by atoms with Crippen molar-refractivity contribution >= 4 is 11.9 Å². The first-order valence-electron chi connectivity index (χ1n) is 17.6. The summed E-state index contributed by atoms with van der Waals surface area (Å²) in [5, 5.41) is 0. The van der Waals surface area contributed by atoms with Gasteiger partial charge in [-0.15, -0.1) is 0 Å². The van der Waals surface area contributed by atoms with Gasteiger partial charge in [0, 0.05) is 36.8 Å². The van der Waals surface area contributed by atoms with Gasteiger partial charge in [0.25, 0.3) is 0 Å². The number of benzene rings is 4. The molecule has 0 bridgehead atoms. The Morgan fingerprint density at radius 2 is 0.938 bits per heavy atom. The molecule has 6 heteroatoms. The highest BCUT2D eigenvalue weighted by atomic mass is 16.5. The number of likely N-dealkylation sites (N-methyl/N-ethyl adjacent to an activating group) is 2. The van der Waals surface area contributed by atoms with E-state index >= 15 is 0 Å². The molecule has 4 aromatic rings. The number of esters is 2. The molecule has 0 radical (unpaired) electrons. The number of fused-ring (bicyclic) bond motifs is 2. The molecular weight excluding hydrogens is 596 g/mol. The van der Waals surface area contributed by atoms with Gasteiger partial charge in [0.05, 0.1) is 40.0 Å². The van der Waals surface area contributed by atoms with Gasteiger partial charge in [-0.2, -0.15) is 0 Å². The van der Waals surface area contributed by atoms with E-state index in [1.54, 1.807) is 0 Å². The minimum Gasteiger partial charge on any atom is -0.460 e. The molecule has 4 atom stereocenters. The number of hydrogen-bond donors (Lipinski definition) is 0. The molecule has 0 saturated heterocycles. The fourth-order valence-corrected chi connectivity index (χ4v) is 7.86. The van der Waals surface area contributed by atoms with Crippen LogP contribution in [0.3, 0.4) is 0 Å². The lowest BCUT2D eigenvalue weighted by Gasteiger charge is -2.45. The quantitative estimate of drug-likeness (QED) is 0.118. The Morgan fingerprint density at radius 3 is 1.35 bits per heavy atom. The van der Waals surface area contributed by atoms with E-state index in [1.165, 1.54) is 33.4 Å². The number of hydrogen-bond acceptors (Lipinski definition) is 4. The van der Waals surface area contributed by atoms with Gasteiger partial charge in [-0.25, -0.2) is 0 Å². The molecule has 0 amide bonds. The van der Waals surface area contributed by atoms with E-state index in [-0.39, 0.29) is 36.9 Å². The number of quaternary nitrogens is 2. The number of rotatable bonds is 13. The van der Waals surface area contributed by atoms with Crippen LogP contribution < -0.4 is 0 Å². The molecule has 0 fully saturated rings. The molecule has 1 unspecified atom stereocenters. The predicted molar refractivity (Wildman–Crippen MR) is 189 cm³/mol. The first-order chi connectivity index (χ1) is 23.3. The van der Waals surface area contributed by atoms with E-state index in [4.69, 9.17) is 9.47 Å². The largest absolute Gasteiger partial charge is 0.460 e. The zero-order valence-electron chi connectivity index (χ0n) is 28.6. The van der Waals surface area contributed by atoms with Gasteiger partial charge >= 0.3 is 11.9 Å². The minimum absolute atomic E-state index is 0.0367. The molecule has 2 heterocycles.